The van der Waals surface area contributed by atoms with Gasteiger partial charge in [-0.15, -0.1) is 0 Å². The Labute approximate surface area is 218 Å². The normalized spacial score (nSPS) is 12.0. The number of benzene rings is 3. The molecule has 0 aliphatic carbocycles. The van der Waals surface area contributed by atoms with Crippen LogP contribution >= 0.6 is 11.6 Å². The monoisotopic (exact) mass is 555 g/mol. The van der Waals surface area contributed by atoms with Gasteiger partial charge in [0, 0.05) is 23.7 Å². The van der Waals surface area contributed by atoms with Crippen molar-refractivity contribution in [3.63, 3.8) is 0 Å². The summed E-state index contributed by atoms with van der Waals surface area (Å²) in [6.07, 6.45) is -4.70. The fraction of sp³-hybridized carbons (Fsp3) is 0.269. The number of alkyl halides is 3. The molecule has 0 fully saturated rings. The zero-order valence-corrected chi connectivity index (χ0v) is 21.9. The predicted molar refractivity (Wildman–Crippen MR) is 134 cm³/mol. The van der Waals surface area contributed by atoms with Crippen LogP contribution < -0.4 is 4.74 Å². The van der Waals surface area contributed by atoms with Crippen molar-refractivity contribution >= 4 is 27.6 Å². The summed E-state index contributed by atoms with van der Waals surface area (Å²) < 4.78 is 78.8. The van der Waals surface area contributed by atoms with Crippen LogP contribution in [0.2, 0.25) is 5.02 Å². The van der Waals surface area contributed by atoms with Crippen LogP contribution in [0.1, 0.15) is 23.6 Å². The van der Waals surface area contributed by atoms with Crippen LogP contribution in [0.3, 0.4) is 0 Å². The Hall–Kier alpha value is -3.08. The number of nitrogens with zero attached hydrogens (tertiary/aromatic N) is 1. The van der Waals surface area contributed by atoms with Gasteiger partial charge in [0.05, 0.1) is 31.1 Å². The summed E-state index contributed by atoms with van der Waals surface area (Å²) in [5.41, 5.74) is 0.488. The molecule has 11 heteroatoms. The molecule has 0 amide bonds. The van der Waals surface area contributed by atoms with Crippen molar-refractivity contribution in [1.29, 1.82) is 0 Å². The minimum Gasteiger partial charge on any atom is -0.496 e. The molecule has 198 valence electrons. The van der Waals surface area contributed by atoms with Crippen molar-refractivity contribution < 1.29 is 35.9 Å². The highest BCUT2D eigenvalue weighted by molar-refractivity contribution is 7.89. The van der Waals surface area contributed by atoms with Gasteiger partial charge in [-0.05, 0) is 65.2 Å². The Balaban J connectivity index is 2.16. The highest BCUT2D eigenvalue weighted by Gasteiger charge is 2.32. The maximum Gasteiger partial charge on any atom is 0.416 e. The molecule has 0 radical (unpaired) electrons. The van der Waals surface area contributed by atoms with Gasteiger partial charge in [-0.3, -0.25) is 4.79 Å². The fourth-order valence-electron chi connectivity index (χ4n) is 3.79. The number of esters is 1. The van der Waals surface area contributed by atoms with Crippen LogP contribution in [0.15, 0.2) is 65.6 Å². The van der Waals surface area contributed by atoms with Crippen LogP contribution in [0.4, 0.5) is 13.2 Å². The van der Waals surface area contributed by atoms with Crippen molar-refractivity contribution in [2.45, 2.75) is 31.0 Å². The molecule has 3 aromatic carbocycles. The summed E-state index contributed by atoms with van der Waals surface area (Å²) in [6.45, 7) is 1.25. The minimum absolute atomic E-state index is 0.000159. The van der Waals surface area contributed by atoms with Crippen LogP contribution in [0.25, 0.3) is 11.1 Å². The third-order valence-corrected chi connectivity index (χ3v) is 7.90. The molecular weight excluding hydrogens is 531 g/mol. The Kier molecular flexibility index (Phi) is 8.88. The summed E-state index contributed by atoms with van der Waals surface area (Å²) in [4.78, 5) is 11.8. The van der Waals surface area contributed by atoms with Crippen LogP contribution in [0.5, 0.6) is 5.75 Å². The van der Waals surface area contributed by atoms with Gasteiger partial charge in [-0.25, -0.2) is 8.42 Å². The van der Waals surface area contributed by atoms with Gasteiger partial charge in [0.1, 0.15) is 5.75 Å². The molecule has 0 heterocycles. The smallest absolute Gasteiger partial charge is 0.416 e. The van der Waals surface area contributed by atoms with Crippen molar-refractivity contribution in [2.24, 2.45) is 0 Å². The highest BCUT2D eigenvalue weighted by Crippen LogP contribution is 2.38. The standard InChI is InChI=1S/C26H25ClF3NO5S/c1-4-31(37(33,34)21-9-7-20(27)8-10-21)16-18-15-19(26(28,29)30)6-11-22(18)23-13-17(14-25(32)36-3)5-12-24(23)35-2/h5-13,15H,4,14,16H2,1-3H3. The summed E-state index contributed by atoms with van der Waals surface area (Å²) in [5.74, 6) is -0.145. The number of hydrogen-bond acceptors (Lipinski definition) is 5. The van der Waals surface area contributed by atoms with Crippen LogP contribution in [-0.2, 0) is 38.7 Å². The molecule has 0 aliphatic rings. The Morgan fingerprint density at radius 1 is 0.973 bits per heavy atom. The van der Waals surface area contributed by atoms with E-state index in [2.05, 4.69) is 0 Å². The molecule has 0 aromatic heterocycles. The first-order valence-electron chi connectivity index (χ1n) is 11.1. The summed E-state index contributed by atoms with van der Waals surface area (Å²) in [6, 6.07) is 13.5. The van der Waals surface area contributed by atoms with Crippen molar-refractivity contribution in [2.75, 3.05) is 20.8 Å². The lowest BCUT2D eigenvalue weighted by Gasteiger charge is -2.24. The molecule has 3 rings (SSSR count). The third kappa shape index (κ3) is 6.63. The first-order valence-corrected chi connectivity index (χ1v) is 12.9. The second-order valence-electron chi connectivity index (χ2n) is 8.04. The van der Waals surface area contributed by atoms with E-state index in [9.17, 15) is 26.4 Å². The van der Waals surface area contributed by atoms with E-state index in [1.807, 2.05) is 0 Å². The molecule has 0 N–H and O–H groups in total. The van der Waals surface area contributed by atoms with Crippen molar-refractivity contribution in [3.8, 4) is 16.9 Å². The van der Waals surface area contributed by atoms with E-state index in [-0.39, 0.29) is 30.0 Å². The fourth-order valence-corrected chi connectivity index (χ4v) is 5.34. The van der Waals surface area contributed by atoms with E-state index < -0.39 is 27.7 Å². The van der Waals surface area contributed by atoms with Gasteiger partial charge < -0.3 is 9.47 Å². The molecule has 0 aliphatic heterocycles. The van der Waals surface area contributed by atoms with Gasteiger partial charge in [-0.1, -0.05) is 30.7 Å². The number of sulfonamides is 1. The van der Waals surface area contributed by atoms with Crippen LogP contribution in [-0.4, -0.2) is 39.5 Å². The number of ether oxygens (including phenoxy) is 2. The SMILES string of the molecule is CCN(Cc1cc(C(F)(F)F)ccc1-c1cc(CC(=O)OC)ccc1OC)S(=O)(=O)c1ccc(Cl)cc1. The van der Waals surface area contributed by atoms with Gasteiger partial charge in [0.2, 0.25) is 10.0 Å². The maximum absolute atomic E-state index is 13.6. The van der Waals surface area contributed by atoms with Crippen LogP contribution in [0, 0.1) is 0 Å². The van der Waals surface area contributed by atoms with Gasteiger partial charge >= 0.3 is 12.1 Å². The van der Waals surface area contributed by atoms with E-state index in [1.54, 1.807) is 25.1 Å². The number of rotatable bonds is 9. The highest BCUT2D eigenvalue weighted by atomic mass is 35.5. The topological polar surface area (TPSA) is 72.9 Å². The van der Waals surface area contributed by atoms with Gasteiger partial charge in [0.15, 0.2) is 0 Å². The zero-order valence-electron chi connectivity index (χ0n) is 20.3. The lowest BCUT2D eigenvalue weighted by molar-refractivity contribution is -0.140. The largest absolute Gasteiger partial charge is 0.496 e. The van der Waals surface area contributed by atoms with E-state index in [4.69, 9.17) is 21.1 Å². The molecule has 0 saturated heterocycles. The molecule has 0 saturated carbocycles. The van der Waals surface area contributed by atoms with Gasteiger partial charge in [0.25, 0.3) is 0 Å². The number of carbonyl (C=O) groups excluding carboxylic acids is 1. The number of carbonyl (C=O) groups is 1. The molecule has 37 heavy (non-hydrogen) atoms. The Morgan fingerprint density at radius 2 is 1.65 bits per heavy atom. The molecule has 3 aromatic rings. The lowest BCUT2D eigenvalue weighted by Crippen LogP contribution is -2.30. The summed E-state index contributed by atoms with van der Waals surface area (Å²) in [7, 11) is -1.40. The van der Waals surface area contributed by atoms with Gasteiger partial charge in [-0.2, -0.15) is 17.5 Å². The van der Waals surface area contributed by atoms with E-state index >= 15 is 0 Å². The second-order valence-corrected chi connectivity index (χ2v) is 10.4. The first-order chi connectivity index (χ1) is 17.4. The van der Waals surface area contributed by atoms with E-state index in [1.165, 1.54) is 44.6 Å². The third-order valence-electron chi connectivity index (χ3n) is 5.71. The van der Waals surface area contributed by atoms with E-state index in [0.29, 0.717) is 27.5 Å². The van der Waals surface area contributed by atoms with Crippen molar-refractivity contribution in [1.82, 2.24) is 4.31 Å². The Bertz CT molecular complexity index is 1380. The molecule has 0 atom stereocenters. The average Bonchev–Trinajstić information content (AvgIpc) is 2.86. The molecule has 0 unspecified atom stereocenters. The zero-order chi connectivity index (χ0) is 27.4. The van der Waals surface area contributed by atoms with E-state index in [0.717, 1.165) is 16.4 Å². The predicted octanol–water partition coefficient (Wildman–Crippen LogP) is 5.96. The summed E-state index contributed by atoms with van der Waals surface area (Å²) >= 11 is 5.88. The van der Waals surface area contributed by atoms with Crippen molar-refractivity contribution in [3.05, 3.63) is 82.4 Å². The molecule has 6 nitrogen and oxygen atoms in total. The number of hydrogen-bond donors (Lipinski definition) is 0. The summed E-state index contributed by atoms with van der Waals surface area (Å²) in [5, 5.41) is 0.348. The molecule has 0 spiro atoms. The average molecular weight is 556 g/mol. The molecule has 0 bridgehead atoms. The second kappa shape index (κ2) is 11.5. The lowest BCUT2D eigenvalue weighted by atomic mass is 9.94. The minimum atomic E-state index is -4.64. The molecular formula is C26H25ClF3NO5S. The number of halogens is 4. The maximum atomic E-state index is 13.6. The Morgan fingerprint density at radius 3 is 2.22 bits per heavy atom. The quantitative estimate of drug-likeness (QED) is 0.305. The first kappa shape index (κ1) is 28.5. The number of methoxy groups -OCH3 is 2.